The fraction of sp³-hybridized carbons (Fsp3) is 1.00. The predicted octanol–water partition coefficient (Wildman–Crippen LogP) is 3.47. The smallest absolute Gasteiger partial charge is 0.0431 e. The molecule has 1 heteroatoms. The van der Waals surface area contributed by atoms with Crippen molar-refractivity contribution >= 4 is 0 Å². The van der Waals surface area contributed by atoms with Gasteiger partial charge in [-0.05, 0) is 54.3 Å². The summed E-state index contributed by atoms with van der Waals surface area (Å²) in [5, 5.41) is 8.90. The summed E-state index contributed by atoms with van der Waals surface area (Å²) in [4.78, 5) is 0. The largest absolute Gasteiger partial charge is 0.396 e. The molecule has 4 atom stereocenters. The first kappa shape index (κ1) is 11.4. The van der Waals surface area contributed by atoms with Crippen molar-refractivity contribution < 1.29 is 5.11 Å². The molecule has 2 rings (SSSR count). The monoisotopic (exact) mass is 210 g/mol. The minimum Gasteiger partial charge on any atom is -0.396 e. The molecule has 0 radical (unpaired) electrons. The molecule has 0 aromatic heterocycles. The van der Waals surface area contributed by atoms with Gasteiger partial charge in [-0.15, -0.1) is 0 Å². The maximum absolute atomic E-state index is 8.90. The summed E-state index contributed by atoms with van der Waals surface area (Å²) < 4.78 is 0. The number of fused-ring (bicyclic) bond motifs is 1. The molecule has 15 heavy (non-hydrogen) atoms. The molecule has 2 fully saturated rings. The Kier molecular flexibility index (Phi) is 2.65. The minimum atomic E-state index is 0.359. The third-order valence-corrected chi connectivity index (χ3v) is 5.85. The molecule has 2 aliphatic rings. The number of aliphatic hydroxyl groups excluding tert-OH is 1. The summed E-state index contributed by atoms with van der Waals surface area (Å²) in [6.45, 7) is 10.2. The summed E-state index contributed by atoms with van der Waals surface area (Å²) in [7, 11) is 0. The predicted molar refractivity (Wildman–Crippen MR) is 63.6 cm³/mol. The van der Waals surface area contributed by atoms with Crippen LogP contribution in [0.15, 0.2) is 0 Å². The quantitative estimate of drug-likeness (QED) is 0.753. The highest BCUT2D eigenvalue weighted by atomic mass is 16.2. The van der Waals surface area contributed by atoms with E-state index in [0.29, 0.717) is 17.4 Å². The van der Waals surface area contributed by atoms with Gasteiger partial charge in [0.1, 0.15) is 0 Å². The van der Waals surface area contributed by atoms with Gasteiger partial charge in [-0.1, -0.05) is 27.7 Å². The van der Waals surface area contributed by atoms with Crippen LogP contribution in [0.1, 0.15) is 53.4 Å². The zero-order valence-corrected chi connectivity index (χ0v) is 10.7. The highest BCUT2D eigenvalue weighted by Crippen LogP contribution is 2.75. The van der Waals surface area contributed by atoms with E-state index >= 15 is 0 Å². The van der Waals surface area contributed by atoms with Gasteiger partial charge in [0.2, 0.25) is 0 Å². The average Bonchev–Trinajstić information content (AvgIpc) is 2.78. The highest BCUT2D eigenvalue weighted by Gasteiger charge is 2.67. The van der Waals surface area contributed by atoms with Crippen LogP contribution in [0.25, 0.3) is 0 Å². The lowest BCUT2D eigenvalue weighted by Crippen LogP contribution is -2.32. The summed E-state index contributed by atoms with van der Waals surface area (Å²) in [6.07, 6.45) is 5.09. The first-order valence-corrected chi connectivity index (χ1v) is 6.54. The van der Waals surface area contributed by atoms with Gasteiger partial charge in [-0.25, -0.2) is 0 Å². The summed E-state index contributed by atoms with van der Waals surface area (Å²) in [6, 6.07) is 0. The Labute approximate surface area is 94.3 Å². The van der Waals surface area contributed by atoms with E-state index in [4.69, 9.17) is 5.11 Å². The number of hydrogen-bond donors (Lipinski definition) is 1. The van der Waals surface area contributed by atoms with Crippen LogP contribution < -0.4 is 0 Å². The van der Waals surface area contributed by atoms with Crippen LogP contribution in [0.2, 0.25) is 0 Å². The van der Waals surface area contributed by atoms with Crippen LogP contribution in [0.5, 0.6) is 0 Å². The maximum atomic E-state index is 8.90. The highest BCUT2D eigenvalue weighted by molar-refractivity contribution is 5.16. The van der Waals surface area contributed by atoms with Crippen molar-refractivity contribution in [3.05, 3.63) is 0 Å². The van der Waals surface area contributed by atoms with Crippen molar-refractivity contribution in [2.24, 2.45) is 28.6 Å². The number of rotatable bonds is 4. The summed E-state index contributed by atoms with van der Waals surface area (Å²) >= 11 is 0. The van der Waals surface area contributed by atoms with Crippen LogP contribution in [0, 0.1) is 28.6 Å². The van der Waals surface area contributed by atoms with Crippen molar-refractivity contribution in [2.75, 3.05) is 6.61 Å². The number of hydrogen-bond acceptors (Lipinski definition) is 1. The van der Waals surface area contributed by atoms with Crippen molar-refractivity contribution in [2.45, 2.75) is 53.4 Å². The summed E-state index contributed by atoms with van der Waals surface area (Å²) in [5.41, 5.74) is 1.16. The van der Waals surface area contributed by atoms with Gasteiger partial charge < -0.3 is 5.11 Å². The Morgan fingerprint density at radius 3 is 2.47 bits per heavy atom. The second-order valence-corrected chi connectivity index (χ2v) is 6.73. The Morgan fingerprint density at radius 2 is 2.00 bits per heavy atom. The Bertz CT molecular complexity index is 246. The van der Waals surface area contributed by atoms with Gasteiger partial charge in [0.25, 0.3) is 0 Å². The molecule has 0 bridgehead atoms. The van der Waals surface area contributed by atoms with E-state index in [9.17, 15) is 0 Å². The van der Waals surface area contributed by atoms with E-state index in [0.717, 1.165) is 24.2 Å². The van der Waals surface area contributed by atoms with Crippen LogP contribution in [0.4, 0.5) is 0 Å². The van der Waals surface area contributed by atoms with Crippen molar-refractivity contribution in [1.82, 2.24) is 0 Å². The molecular weight excluding hydrogens is 184 g/mol. The zero-order valence-electron chi connectivity index (χ0n) is 10.7. The van der Waals surface area contributed by atoms with Gasteiger partial charge in [0, 0.05) is 6.61 Å². The third-order valence-electron chi connectivity index (χ3n) is 5.85. The Morgan fingerprint density at radius 1 is 1.33 bits per heavy atom. The third kappa shape index (κ3) is 1.54. The van der Waals surface area contributed by atoms with E-state index < -0.39 is 0 Å². The first-order valence-electron chi connectivity index (χ1n) is 6.54. The van der Waals surface area contributed by atoms with Crippen LogP contribution >= 0.6 is 0 Å². The van der Waals surface area contributed by atoms with E-state index in [1.807, 2.05) is 0 Å². The molecule has 0 heterocycles. The van der Waals surface area contributed by atoms with Crippen molar-refractivity contribution in [3.8, 4) is 0 Å². The van der Waals surface area contributed by atoms with Crippen LogP contribution in [-0.4, -0.2) is 11.7 Å². The maximum Gasteiger partial charge on any atom is 0.0431 e. The SMILES string of the molecule is CC(CCCO)C1CC2C[C@]2(C)C1(C)C. The van der Waals surface area contributed by atoms with Gasteiger partial charge in [-0.2, -0.15) is 0 Å². The molecule has 0 spiro atoms. The molecule has 0 aromatic carbocycles. The zero-order chi connectivity index (χ0) is 11.3. The lowest BCUT2D eigenvalue weighted by atomic mass is 9.66. The minimum absolute atomic E-state index is 0.359. The fourth-order valence-electron chi connectivity index (χ4n) is 4.17. The molecule has 3 unspecified atom stereocenters. The average molecular weight is 210 g/mol. The topological polar surface area (TPSA) is 20.2 Å². The second-order valence-electron chi connectivity index (χ2n) is 6.73. The van der Waals surface area contributed by atoms with Gasteiger partial charge in [0.15, 0.2) is 0 Å². The lowest BCUT2D eigenvalue weighted by molar-refractivity contribution is 0.0971. The van der Waals surface area contributed by atoms with E-state index in [-0.39, 0.29) is 0 Å². The second kappa shape index (κ2) is 3.48. The van der Waals surface area contributed by atoms with Gasteiger partial charge >= 0.3 is 0 Å². The number of aliphatic hydroxyl groups is 1. The van der Waals surface area contributed by atoms with Gasteiger partial charge in [-0.3, -0.25) is 0 Å². The van der Waals surface area contributed by atoms with E-state index in [2.05, 4.69) is 27.7 Å². The normalized spacial score (nSPS) is 43.8. The molecule has 1 nitrogen and oxygen atoms in total. The molecule has 0 saturated heterocycles. The van der Waals surface area contributed by atoms with Crippen LogP contribution in [0.3, 0.4) is 0 Å². The molecular formula is C14H26O. The lowest BCUT2D eigenvalue weighted by Gasteiger charge is -2.39. The molecule has 2 saturated carbocycles. The van der Waals surface area contributed by atoms with Gasteiger partial charge in [0.05, 0.1) is 0 Å². The molecule has 0 aliphatic heterocycles. The first-order chi connectivity index (χ1) is 6.93. The van der Waals surface area contributed by atoms with E-state index in [1.165, 1.54) is 19.3 Å². The molecule has 88 valence electrons. The Hall–Kier alpha value is -0.0400. The molecule has 1 N–H and O–H groups in total. The Balaban J connectivity index is 2.00. The molecule has 2 aliphatic carbocycles. The van der Waals surface area contributed by atoms with Crippen molar-refractivity contribution in [3.63, 3.8) is 0 Å². The molecule has 0 aromatic rings. The fourth-order valence-corrected chi connectivity index (χ4v) is 4.17. The van der Waals surface area contributed by atoms with Crippen LogP contribution in [-0.2, 0) is 0 Å². The summed E-state index contributed by atoms with van der Waals surface area (Å²) in [5.74, 6) is 2.68. The molecule has 0 amide bonds. The van der Waals surface area contributed by atoms with Crippen molar-refractivity contribution in [1.29, 1.82) is 0 Å². The standard InChI is InChI=1S/C14H26O/c1-10(6-5-7-15)12-8-11-9-14(11,4)13(12,2)3/h10-12,15H,5-9H2,1-4H3/t10?,11?,12?,14-/m0/s1. The van der Waals surface area contributed by atoms with E-state index in [1.54, 1.807) is 0 Å².